The Kier molecular flexibility index (Phi) is 6.53. The fourth-order valence-corrected chi connectivity index (χ4v) is 2.81. The summed E-state index contributed by atoms with van der Waals surface area (Å²) < 4.78 is 16.0. The van der Waals surface area contributed by atoms with E-state index in [2.05, 4.69) is 24.0 Å². The van der Waals surface area contributed by atoms with Crippen molar-refractivity contribution < 1.29 is 19.0 Å². The average molecular weight is 350 g/mol. The Hall–Kier alpha value is -1.95. The number of carbonyl (C=O) groups is 1. The number of nitrogens with zero attached hydrogens (tertiary/aromatic N) is 2. The van der Waals surface area contributed by atoms with E-state index in [4.69, 9.17) is 14.2 Å². The molecular weight excluding hydrogens is 320 g/mol. The molecule has 1 saturated heterocycles. The number of piperazine rings is 1. The Morgan fingerprint density at radius 3 is 2.40 bits per heavy atom. The number of hydrogen-bond donors (Lipinski definition) is 0. The van der Waals surface area contributed by atoms with Crippen LogP contribution in [0.1, 0.15) is 27.7 Å². The molecule has 1 amide bonds. The Morgan fingerprint density at radius 2 is 1.84 bits per heavy atom. The largest absolute Gasteiger partial charge is 0.491 e. The van der Waals surface area contributed by atoms with Gasteiger partial charge in [0.25, 0.3) is 0 Å². The number of rotatable bonds is 5. The van der Waals surface area contributed by atoms with E-state index in [-0.39, 0.29) is 12.1 Å². The number of anilines is 1. The van der Waals surface area contributed by atoms with Crippen molar-refractivity contribution in [1.82, 2.24) is 4.90 Å². The van der Waals surface area contributed by atoms with Crippen molar-refractivity contribution in [3.8, 4) is 5.75 Å². The summed E-state index contributed by atoms with van der Waals surface area (Å²) in [6.45, 7) is 11.0. The van der Waals surface area contributed by atoms with Crippen LogP contribution in [0.2, 0.25) is 0 Å². The van der Waals surface area contributed by atoms with Crippen molar-refractivity contribution in [3.05, 3.63) is 24.3 Å². The summed E-state index contributed by atoms with van der Waals surface area (Å²) in [7, 11) is 1.66. The molecule has 1 aromatic carbocycles. The molecule has 2 rings (SSSR count). The van der Waals surface area contributed by atoms with Gasteiger partial charge in [-0.05, 0) is 52.0 Å². The molecule has 0 aliphatic carbocycles. The van der Waals surface area contributed by atoms with E-state index < -0.39 is 5.60 Å². The second kappa shape index (κ2) is 8.43. The van der Waals surface area contributed by atoms with Crippen LogP contribution in [0.3, 0.4) is 0 Å². The van der Waals surface area contributed by atoms with E-state index in [1.54, 1.807) is 12.0 Å². The summed E-state index contributed by atoms with van der Waals surface area (Å²) in [6, 6.07) is 8.28. The van der Waals surface area contributed by atoms with Crippen molar-refractivity contribution in [2.75, 3.05) is 44.9 Å². The summed E-state index contributed by atoms with van der Waals surface area (Å²) in [5, 5.41) is 0. The lowest BCUT2D eigenvalue weighted by Crippen LogP contribution is -2.54. The van der Waals surface area contributed by atoms with Crippen molar-refractivity contribution in [2.24, 2.45) is 0 Å². The van der Waals surface area contributed by atoms with Gasteiger partial charge < -0.3 is 24.0 Å². The molecule has 1 aliphatic rings. The highest BCUT2D eigenvalue weighted by molar-refractivity contribution is 5.69. The number of hydrogen-bond acceptors (Lipinski definition) is 5. The first-order valence-corrected chi connectivity index (χ1v) is 8.76. The molecular formula is C19H30N2O4. The lowest BCUT2D eigenvalue weighted by Gasteiger charge is -2.41. The fraction of sp³-hybridized carbons (Fsp3) is 0.632. The van der Waals surface area contributed by atoms with Crippen LogP contribution in [0.15, 0.2) is 24.3 Å². The molecule has 25 heavy (non-hydrogen) atoms. The van der Waals surface area contributed by atoms with E-state index in [1.165, 1.54) is 0 Å². The number of ether oxygens (including phenoxy) is 3. The van der Waals surface area contributed by atoms with Gasteiger partial charge in [0, 0.05) is 38.5 Å². The van der Waals surface area contributed by atoms with Gasteiger partial charge >= 0.3 is 6.09 Å². The van der Waals surface area contributed by atoms with Gasteiger partial charge in [0.1, 0.15) is 18.0 Å². The maximum absolute atomic E-state index is 12.2. The SMILES string of the molecule is COCCOc1ccc(N2CCN(C(=O)OC(C)(C)C)C[C@H]2C)cc1. The molecule has 1 aliphatic heterocycles. The standard InChI is InChI=1S/C19H30N2O4/c1-15-14-20(18(22)25-19(2,3)4)10-11-21(15)16-6-8-17(9-7-16)24-13-12-23-5/h6-9,15H,10-14H2,1-5H3/t15-/m1/s1. The summed E-state index contributed by atoms with van der Waals surface area (Å²) >= 11 is 0. The van der Waals surface area contributed by atoms with Gasteiger partial charge in [0.2, 0.25) is 0 Å². The van der Waals surface area contributed by atoms with E-state index in [0.717, 1.165) is 18.0 Å². The van der Waals surface area contributed by atoms with Crippen LogP contribution < -0.4 is 9.64 Å². The smallest absolute Gasteiger partial charge is 0.410 e. The molecule has 140 valence electrons. The van der Waals surface area contributed by atoms with E-state index >= 15 is 0 Å². The van der Waals surface area contributed by atoms with Crippen LogP contribution in [0.5, 0.6) is 5.75 Å². The van der Waals surface area contributed by atoms with Crippen LogP contribution >= 0.6 is 0 Å². The first-order valence-electron chi connectivity index (χ1n) is 8.76. The molecule has 0 spiro atoms. The quantitative estimate of drug-likeness (QED) is 0.764. The highest BCUT2D eigenvalue weighted by Crippen LogP contribution is 2.24. The monoisotopic (exact) mass is 350 g/mol. The number of amides is 1. The van der Waals surface area contributed by atoms with Crippen LogP contribution in [-0.2, 0) is 9.47 Å². The predicted octanol–water partition coefficient (Wildman–Crippen LogP) is 3.16. The molecule has 6 heteroatoms. The second-order valence-corrected chi connectivity index (χ2v) is 7.30. The van der Waals surface area contributed by atoms with Gasteiger partial charge in [-0.2, -0.15) is 0 Å². The Labute approximate surface area is 150 Å². The second-order valence-electron chi connectivity index (χ2n) is 7.30. The normalized spacial score (nSPS) is 18.2. The van der Waals surface area contributed by atoms with Crippen molar-refractivity contribution in [1.29, 1.82) is 0 Å². The third-order valence-electron chi connectivity index (χ3n) is 4.00. The minimum atomic E-state index is -0.462. The van der Waals surface area contributed by atoms with Gasteiger partial charge in [-0.15, -0.1) is 0 Å². The number of benzene rings is 1. The molecule has 1 atom stereocenters. The molecule has 0 bridgehead atoms. The van der Waals surface area contributed by atoms with Gasteiger partial charge in [-0.25, -0.2) is 4.79 Å². The third-order valence-corrected chi connectivity index (χ3v) is 4.00. The van der Waals surface area contributed by atoms with Crippen LogP contribution in [0.25, 0.3) is 0 Å². The van der Waals surface area contributed by atoms with E-state index in [1.807, 2.05) is 32.9 Å². The average Bonchev–Trinajstić information content (AvgIpc) is 2.54. The Morgan fingerprint density at radius 1 is 1.16 bits per heavy atom. The van der Waals surface area contributed by atoms with Gasteiger partial charge in [-0.1, -0.05) is 0 Å². The maximum atomic E-state index is 12.2. The molecule has 1 heterocycles. The number of methoxy groups -OCH3 is 1. The molecule has 1 aromatic rings. The molecule has 6 nitrogen and oxygen atoms in total. The summed E-state index contributed by atoms with van der Waals surface area (Å²) in [6.07, 6.45) is -0.235. The molecule has 0 unspecified atom stereocenters. The molecule has 0 saturated carbocycles. The maximum Gasteiger partial charge on any atom is 0.410 e. The lowest BCUT2D eigenvalue weighted by atomic mass is 10.1. The zero-order chi connectivity index (χ0) is 18.4. The highest BCUT2D eigenvalue weighted by Gasteiger charge is 2.29. The Bertz CT molecular complexity index is 554. The molecule has 0 radical (unpaired) electrons. The van der Waals surface area contributed by atoms with Crippen molar-refractivity contribution in [2.45, 2.75) is 39.3 Å². The highest BCUT2D eigenvalue weighted by atomic mass is 16.6. The van der Waals surface area contributed by atoms with Crippen molar-refractivity contribution in [3.63, 3.8) is 0 Å². The third kappa shape index (κ3) is 5.81. The zero-order valence-electron chi connectivity index (χ0n) is 15.9. The zero-order valence-corrected chi connectivity index (χ0v) is 15.9. The van der Waals surface area contributed by atoms with Gasteiger partial charge in [-0.3, -0.25) is 0 Å². The first-order chi connectivity index (χ1) is 11.8. The first kappa shape index (κ1) is 19.4. The number of carbonyl (C=O) groups excluding carboxylic acids is 1. The molecule has 1 fully saturated rings. The van der Waals surface area contributed by atoms with E-state index in [0.29, 0.717) is 26.3 Å². The van der Waals surface area contributed by atoms with Crippen molar-refractivity contribution >= 4 is 11.8 Å². The summed E-state index contributed by atoms with van der Waals surface area (Å²) in [4.78, 5) is 16.3. The van der Waals surface area contributed by atoms with Gasteiger partial charge in [0.15, 0.2) is 0 Å². The fourth-order valence-electron chi connectivity index (χ4n) is 2.81. The summed E-state index contributed by atoms with van der Waals surface area (Å²) in [5.74, 6) is 0.834. The van der Waals surface area contributed by atoms with Crippen LogP contribution in [0, 0.1) is 0 Å². The molecule has 0 N–H and O–H groups in total. The Balaban J connectivity index is 1.91. The minimum absolute atomic E-state index is 0.224. The topological polar surface area (TPSA) is 51.2 Å². The van der Waals surface area contributed by atoms with Crippen LogP contribution in [-0.4, -0.2) is 62.6 Å². The van der Waals surface area contributed by atoms with E-state index in [9.17, 15) is 4.79 Å². The predicted molar refractivity (Wildman–Crippen MR) is 98.4 cm³/mol. The molecule has 0 aromatic heterocycles. The minimum Gasteiger partial charge on any atom is -0.491 e. The lowest BCUT2D eigenvalue weighted by molar-refractivity contribution is 0.0219. The summed E-state index contributed by atoms with van der Waals surface area (Å²) in [5.41, 5.74) is 0.672. The van der Waals surface area contributed by atoms with Gasteiger partial charge in [0.05, 0.1) is 6.61 Å². The van der Waals surface area contributed by atoms with Crippen LogP contribution in [0.4, 0.5) is 10.5 Å².